The Hall–Kier alpha value is -1.48. The van der Waals surface area contributed by atoms with E-state index in [-0.39, 0.29) is 0 Å². The van der Waals surface area contributed by atoms with Crippen LogP contribution in [0.25, 0.3) is 10.9 Å². The highest BCUT2D eigenvalue weighted by atomic mass is 16.5. The van der Waals surface area contributed by atoms with Gasteiger partial charge in [0.25, 0.3) is 0 Å². The number of aromatic nitrogens is 1. The summed E-state index contributed by atoms with van der Waals surface area (Å²) in [6.07, 6.45) is 5.25. The number of nitrogens with one attached hydrogen (secondary N) is 1. The predicted molar refractivity (Wildman–Crippen MR) is 83.6 cm³/mol. The van der Waals surface area contributed by atoms with Crippen LogP contribution in [0.5, 0.6) is 5.75 Å². The van der Waals surface area contributed by atoms with E-state index in [0.717, 1.165) is 12.2 Å². The number of hydrogen-bond donors (Lipinski definition) is 1. The lowest BCUT2D eigenvalue weighted by atomic mass is 10.1. The largest absolute Gasteiger partial charge is 0.497 e. The first kappa shape index (κ1) is 13.5. The summed E-state index contributed by atoms with van der Waals surface area (Å²) in [4.78, 5) is 6.09. The number of hydrogen-bond acceptors (Lipinski definition) is 2. The summed E-state index contributed by atoms with van der Waals surface area (Å²) in [5, 5.41) is 1.32. The van der Waals surface area contributed by atoms with Crippen molar-refractivity contribution in [1.29, 1.82) is 0 Å². The van der Waals surface area contributed by atoms with E-state index in [0.29, 0.717) is 0 Å². The number of fused-ring (bicyclic) bond motifs is 1. The fourth-order valence-electron chi connectivity index (χ4n) is 3.26. The average molecular weight is 272 g/mol. The van der Waals surface area contributed by atoms with E-state index in [1.54, 1.807) is 7.11 Å². The van der Waals surface area contributed by atoms with Crippen LogP contribution in [0.15, 0.2) is 18.2 Å². The molecular weight excluding hydrogens is 248 g/mol. The smallest absolute Gasteiger partial charge is 0.119 e. The van der Waals surface area contributed by atoms with E-state index in [9.17, 15) is 0 Å². The summed E-state index contributed by atoms with van der Waals surface area (Å²) in [6.45, 7) is 5.89. The van der Waals surface area contributed by atoms with E-state index in [4.69, 9.17) is 4.74 Å². The highest BCUT2D eigenvalue weighted by molar-refractivity contribution is 5.86. The SMILES string of the molecule is COc1ccc2[nH]c(C)c(CCN3CCCCC3)c2c1. The molecule has 3 nitrogen and oxygen atoms in total. The topological polar surface area (TPSA) is 28.3 Å². The summed E-state index contributed by atoms with van der Waals surface area (Å²) in [7, 11) is 1.73. The van der Waals surface area contributed by atoms with Crippen molar-refractivity contribution in [3.8, 4) is 5.75 Å². The van der Waals surface area contributed by atoms with Crippen LogP contribution in [0.3, 0.4) is 0 Å². The van der Waals surface area contributed by atoms with E-state index in [1.807, 2.05) is 6.07 Å². The van der Waals surface area contributed by atoms with Gasteiger partial charge in [-0.1, -0.05) is 6.42 Å². The summed E-state index contributed by atoms with van der Waals surface area (Å²) < 4.78 is 5.36. The van der Waals surface area contributed by atoms with Gasteiger partial charge >= 0.3 is 0 Å². The molecule has 1 fully saturated rings. The zero-order valence-electron chi connectivity index (χ0n) is 12.5. The molecule has 0 atom stereocenters. The fourth-order valence-corrected chi connectivity index (χ4v) is 3.26. The molecule has 0 saturated carbocycles. The van der Waals surface area contributed by atoms with Gasteiger partial charge in [0.05, 0.1) is 7.11 Å². The number of piperidine rings is 1. The number of likely N-dealkylation sites (tertiary alicyclic amines) is 1. The molecule has 0 amide bonds. The van der Waals surface area contributed by atoms with E-state index in [2.05, 4.69) is 28.9 Å². The number of aryl methyl sites for hydroxylation is 1. The first-order valence-corrected chi connectivity index (χ1v) is 7.65. The molecule has 3 heteroatoms. The number of rotatable bonds is 4. The minimum Gasteiger partial charge on any atom is -0.497 e. The number of aromatic amines is 1. The van der Waals surface area contributed by atoms with Crippen molar-refractivity contribution in [2.45, 2.75) is 32.6 Å². The molecule has 0 unspecified atom stereocenters. The molecule has 0 spiro atoms. The van der Waals surface area contributed by atoms with Gasteiger partial charge in [-0.15, -0.1) is 0 Å². The molecule has 0 aliphatic carbocycles. The van der Waals surface area contributed by atoms with E-state index >= 15 is 0 Å². The predicted octanol–water partition coefficient (Wildman–Crippen LogP) is 3.51. The zero-order chi connectivity index (χ0) is 13.9. The van der Waals surface area contributed by atoms with Crippen LogP contribution in [0, 0.1) is 6.92 Å². The molecule has 1 saturated heterocycles. The Balaban J connectivity index is 1.80. The van der Waals surface area contributed by atoms with Gasteiger partial charge in [0.15, 0.2) is 0 Å². The second-order valence-corrected chi connectivity index (χ2v) is 5.79. The molecule has 20 heavy (non-hydrogen) atoms. The van der Waals surface area contributed by atoms with Gasteiger partial charge in [-0.05, 0) is 63.0 Å². The van der Waals surface area contributed by atoms with Crippen molar-refractivity contribution in [2.24, 2.45) is 0 Å². The van der Waals surface area contributed by atoms with Crippen LogP contribution in [0.1, 0.15) is 30.5 Å². The Morgan fingerprint density at radius 2 is 2.00 bits per heavy atom. The van der Waals surface area contributed by atoms with Gasteiger partial charge < -0.3 is 14.6 Å². The van der Waals surface area contributed by atoms with Crippen molar-refractivity contribution < 1.29 is 4.74 Å². The second-order valence-electron chi connectivity index (χ2n) is 5.79. The molecule has 0 radical (unpaired) electrons. The molecular formula is C17H24N2O. The van der Waals surface area contributed by atoms with Gasteiger partial charge in [-0.25, -0.2) is 0 Å². The van der Waals surface area contributed by atoms with Crippen LogP contribution in [-0.4, -0.2) is 36.6 Å². The number of H-pyrrole nitrogens is 1. The van der Waals surface area contributed by atoms with Crippen LogP contribution in [0.2, 0.25) is 0 Å². The summed E-state index contributed by atoms with van der Waals surface area (Å²) in [6, 6.07) is 6.29. The summed E-state index contributed by atoms with van der Waals surface area (Å²) in [5.74, 6) is 0.940. The summed E-state index contributed by atoms with van der Waals surface area (Å²) in [5.41, 5.74) is 3.96. The number of benzene rings is 1. The Labute approximate surface area is 120 Å². The molecule has 1 aromatic carbocycles. The normalized spacial score (nSPS) is 16.7. The first-order valence-electron chi connectivity index (χ1n) is 7.65. The molecule has 3 rings (SSSR count). The first-order chi connectivity index (χ1) is 9.78. The Kier molecular flexibility index (Phi) is 3.97. The van der Waals surface area contributed by atoms with Gasteiger partial charge in [0.1, 0.15) is 5.75 Å². The number of ether oxygens (including phenoxy) is 1. The van der Waals surface area contributed by atoms with Gasteiger partial charge in [0.2, 0.25) is 0 Å². The van der Waals surface area contributed by atoms with Gasteiger partial charge in [0, 0.05) is 23.1 Å². The maximum Gasteiger partial charge on any atom is 0.119 e. The standard InChI is InChI=1S/C17H24N2O/c1-13-15(8-11-19-9-4-3-5-10-19)16-12-14(20-2)6-7-17(16)18-13/h6-7,12,18H,3-5,8-11H2,1-2H3. The third kappa shape index (κ3) is 2.68. The lowest BCUT2D eigenvalue weighted by molar-refractivity contribution is 0.231. The Morgan fingerprint density at radius 1 is 1.20 bits per heavy atom. The van der Waals surface area contributed by atoms with Gasteiger partial charge in [-0.3, -0.25) is 0 Å². The molecule has 1 aliphatic heterocycles. The Morgan fingerprint density at radius 3 is 2.75 bits per heavy atom. The monoisotopic (exact) mass is 272 g/mol. The van der Waals surface area contributed by atoms with Crippen molar-refractivity contribution >= 4 is 10.9 Å². The highest BCUT2D eigenvalue weighted by Crippen LogP contribution is 2.27. The highest BCUT2D eigenvalue weighted by Gasteiger charge is 2.13. The molecule has 108 valence electrons. The van der Waals surface area contributed by atoms with Crippen molar-refractivity contribution in [2.75, 3.05) is 26.7 Å². The molecule has 1 N–H and O–H groups in total. The Bertz CT molecular complexity index is 582. The third-order valence-electron chi connectivity index (χ3n) is 4.45. The number of methoxy groups -OCH3 is 1. The van der Waals surface area contributed by atoms with Gasteiger partial charge in [-0.2, -0.15) is 0 Å². The van der Waals surface area contributed by atoms with Crippen molar-refractivity contribution in [3.05, 3.63) is 29.5 Å². The van der Waals surface area contributed by atoms with Crippen LogP contribution in [-0.2, 0) is 6.42 Å². The minimum absolute atomic E-state index is 0.940. The van der Waals surface area contributed by atoms with E-state index in [1.165, 1.54) is 61.1 Å². The maximum absolute atomic E-state index is 5.36. The number of nitrogens with zero attached hydrogens (tertiary/aromatic N) is 1. The minimum atomic E-state index is 0.940. The van der Waals surface area contributed by atoms with Crippen LogP contribution < -0.4 is 4.74 Å². The van der Waals surface area contributed by atoms with Crippen LogP contribution in [0.4, 0.5) is 0 Å². The third-order valence-corrected chi connectivity index (χ3v) is 4.45. The molecule has 2 heterocycles. The fraction of sp³-hybridized carbons (Fsp3) is 0.529. The molecule has 1 aromatic heterocycles. The van der Waals surface area contributed by atoms with E-state index < -0.39 is 0 Å². The average Bonchev–Trinajstić information content (AvgIpc) is 2.80. The van der Waals surface area contributed by atoms with Crippen LogP contribution >= 0.6 is 0 Å². The maximum atomic E-state index is 5.36. The molecule has 0 bridgehead atoms. The quantitative estimate of drug-likeness (QED) is 0.922. The molecule has 2 aromatic rings. The van der Waals surface area contributed by atoms with Crippen molar-refractivity contribution in [1.82, 2.24) is 9.88 Å². The molecule has 1 aliphatic rings. The lowest BCUT2D eigenvalue weighted by Crippen LogP contribution is -2.31. The lowest BCUT2D eigenvalue weighted by Gasteiger charge is -2.26. The second kappa shape index (κ2) is 5.88. The zero-order valence-corrected chi connectivity index (χ0v) is 12.5. The van der Waals surface area contributed by atoms with Crippen molar-refractivity contribution in [3.63, 3.8) is 0 Å². The summed E-state index contributed by atoms with van der Waals surface area (Å²) >= 11 is 0.